The van der Waals surface area contributed by atoms with Crippen LogP contribution < -0.4 is 10.6 Å². The third-order valence-corrected chi connectivity index (χ3v) is 1.53. The van der Waals surface area contributed by atoms with Crippen molar-refractivity contribution in [3.63, 3.8) is 0 Å². The fourth-order valence-corrected chi connectivity index (χ4v) is 0.754. The Hall–Kier alpha value is -1.10. The average molecular weight is 188 g/mol. The number of carboxylic acid groups (broad SMARTS) is 1. The first-order valence-corrected chi connectivity index (χ1v) is 4.30. The van der Waals surface area contributed by atoms with Crippen molar-refractivity contribution in [1.29, 1.82) is 0 Å². The first-order valence-electron chi connectivity index (χ1n) is 4.30. The van der Waals surface area contributed by atoms with Gasteiger partial charge >= 0.3 is 5.97 Å². The van der Waals surface area contributed by atoms with Gasteiger partial charge in [0.25, 0.3) is 0 Å². The van der Waals surface area contributed by atoms with Gasteiger partial charge in [0.15, 0.2) is 0 Å². The maximum absolute atomic E-state index is 11.0. The molecular weight excluding hydrogens is 172 g/mol. The van der Waals surface area contributed by atoms with E-state index in [-0.39, 0.29) is 5.91 Å². The van der Waals surface area contributed by atoms with Gasteiger partial charge in [-0.1, -0.05) is 6.92 Å². The van der Waals surface area contributed by atoms with Crippen LogP contribution in [0.1, 0.15) is 20.3 Å². The molecule has 0 saturated heterocycles. The van der Waals surface area contributed by atoms with E-state index in [9.17, 15) is 9.59 Å². The first-order chi connectivity index (χ1) is 6.07. The van der Waals surface area contributed by atoms with E-state index in [4.69, 9.17) is 5.11 Å². The van der Waals surface area contributed by atoms with Crippen molar-refractivity contribution in [2.45, 2.75) is 26.3 Å². The molecule has 0 fully saturated rings. The number of amides is 1. The molecule has 5 heteroatoms. The normalized spacial score (nSPS) is 12.2. The van der Waals surface area contributed by atoms with Gasteiger partial charge in [-0.05, 0) is 13.5 Å². The standard InChI is InChI=1S/C8H16N2O3/c1-3-9-5-4-7(11)10-6(2)8(12)13/h6,9H,3-5H2,1-2H3,(H,10,11)(H,12,13). The Labute approximate surface area is 77.5 Å². The minimum atomic E-state index is -1.02. The molecule has 0 saturated carbocycles. The third kappa shape index (κ3) is 6.10. The zero-order valence-electron chi connectivity index (χ0n) is 7.96. The van der Waals surface area contributed by atoms with Crippen LogP contribution in [0.5, 0.6) is 0 Å². The molecular formula is C8H16N2O3. The Morgan fingerprint density at radius 1 is 1.46 bits per heavy atom. The summed E-state index contributed by atoms with van der Waals surface area (Å²) in [6, 6.07) is -0.811. The van der Waals surface area contributed by atoms with Crippen LogP contribution in [-0.2, 0) is 9.59 Å². The molecule has 0 bridgehead atoms. The van der Waals surface area contributed by atoms with Crippen LogP contribution in [0.25, 0.3) is 0 Å². The smallest absolute Gasteiger partial charge is 0.325 e. The largest absolute Gasteiger partial charge is 0.480 e. The van der Waals surface area contributed by atoms with E-state index in [0.29, 0.717) is 13.0 Å². The monoisotopic (exact) mass is 188 g/mol. The van der Waals surface area contributed by atoms with Crippen molar-refractivity contribution < 1.29 is 14.7 Å². The Bertz CT molecular complexity index is 182. The summed E-state index contributed by atoms with van der Waals surface area (Å²) in [6.45, 7) is 4.77. The maximum Gasteiger partial charge on any atom is 0.325 e. The summed E-state index contributed by atoms with van der Waals surface area (Å²) < 4.78 is 0. The Kier molecular flexibility index (Phi) is 5.88. The lowest BCUT2D eigenvalue weighted by atomic mass is 10.3. The number of carbonyl (C=O) groups excluding carboxylic acids is 1. The molecule has 0 heterocycles. The van der Waals surface area contributed by atoms with E-state index < -0.39 is 12.0 Å². The minimum absolute atomic E-state index is 0.240. The molecule has 5 nitrogen and oxygen atoms in total. The van der Waals surface area contributed by atoms with E-state index in [1.54, 1.807) is 0 Å². The number of hydrogen-bond acceptors (Lipinski definition) is 3. The summed E-state index contributed by atoms with van der Waals surface area (Å²) in [5, 5.41) is 13.8. The second kappa shape index (κ2) is 6.42. The molecule has 1 unspecified atom stereocenters. The van der Waals surface area contributed by atoms with E-state index in [1.807, 2.05) is 6.92 Å². The van der Waals surface area contributed by atoms with Gasteiger partial charge in [-0.3, -0.25) is 9.59 Å². The van der Waals surface area contributed by atoms with Gasteiger partial charge < -0.3 is 15.7 Å². The molecule has 0 rings (SSSR count). The highest BCUT2D eigenvalue weighted by Gasteiger charge is 2.12. The topological polar surface area (TPSA) is 78.4 Å². The zero-order valence-corrected chi connectivity index (χ0v) is 7.96. The van der Waals surface area contributed by atoms with Crippen LogP contribution in [-0.4, -0.2) is 36.1 Å². The number of hydrogen-bond donors (Lipinski definition) is 3. The molecule has 0 radical (unpaired) electrons. The lowest BCUT2D eigenvalue weighted by Crippen LogP contribution is -2.39. The van der Waals surface area contributed by atoms with Crippen LogP contribution in [0.2, 0.25) is 0 Å². The van der Waals surface area contributed by atoms with Gasteiger partial charge in [-0.25, -0.2) is 0 Å². The lowest BCUT2D eigenvalue weighted by molar-refractivity contribution is -0.141. The molecule has 0 aliphatic heterocycles. The number of carboxylic acids is 1. The number of rotatable bonds is 6. The van der Waals surface area contributed by atoms with Crippen LogP contribution in [0, 0.1) is 0 Å². The van der Waals surface area contributed by atoms with Crippen LogP contribution in [0.4, 0.5) is 0 Å². The molecule has 0 spiro atoms. The summed E-state index contributed by atoms with van der Waals surface area (Å²) >= 11 is 0. The van der Waals surface area contributed by atoms with E-state index in [2.05, 4.69) is 10.6 Å². The van der Waals surface area contributed by atoms with Gasteiger partial charge in [-0.15, -0.1) is 0 Å². The molecule has 13 heavy (non-hydrogen) atoms. The van der Waals surface area contributed by atoms with E-state index >= 15 is 0 Å². The van der Waals surface area contributed by atoms with E-state index in [0.717, 1.165) is 6.54 Å². The van der Waals surface area contributed by atoms with Crippen molar-refractivity contribution in [1.82, 2.24) is 10.6 Å². The second-order valence-corrected chi connectivity index (χ2v) is 2.73. The summed E-state index contributed by atoms with van der Waals surface area (Å²) in [5.74, 6) is -1.26. The minimum Gasteiger partial charge on any atom is -0.480 e. The van der Waals surface area contributed by atoms with Gasteiger partial charge in [0.2, 0.25) is 5.91 Å². The molecule has 0 aromatic rings. The van der Waals surface area contributed by atoms with Gasteiger partial charge in [-0.2, -0.15) is 0 Å². The number of nitrogens with one attached hydrogen (secondary N) is 2. The molecule has 3 N–H and O–H groups in total. The van der Waals surface area contributed by atoms with Crippen molar-refractivity contribution >= 4 is 11.9 Å². The second-order valence-electron chi connectivity index (χ2n) is 2.73. The van der Waals surface area contributed by atoms with Gasteiger partial charge in [0.05, 0.1) is 0 Å². The van der Waals surface area contributed by atoms with Crippen LogP contribution >= 0.6 is 0 Å². The molecule has 76 valence electrons. The third-order valence-electron chi connectivity index (χ3n) is 1.53. The van der Waals surface area contributed by atoms with Crippen molar-refractivity contribution in [2.24, 2.45) is 0 Å². The van der Waals surface area contributed by atoms with Crippen molar-refractivity contribution in [3.8, 4) is 0 Å². The molecule has 1 atom stereocenters. The predicted octanol–water partition coefficient (Wildman–Crippen LogP) is -0.425. The summed E-state index contributed by atoms with van der Waals surface area (Å²) in [7, 11) is 0. The maximum atomic E-state index is 11.0. The molecule has 0 aliphatic carbocycles. The highest BCUT2D eigenvalue weighted by atomic mass is 16.4. The van der Waals surface area contributed by atoms with E-state index in [1.165, 1.54) is 6.92 Å². The summed E-state index contributed by atoms with van der Waals surface area (Å²) in [6.07, 6.45) is 0.311. The predicted molar refractivity (Wildman–Crippen MR) is 48.4 cm³/mol. The van der Waals surface area contributed by atoms with Gasteiger partial charge in [0.1, 0.15) is 6.04 Å². The van der Waals surface area contributed by atoms with Crippen molar-refractivity contribution in [2.75, 3.05) is 13.1 Å². The molecule has 0 aromatic heterocycles. The zero-order chi connectivity index (χ0) is 10.3. The number of aliphatic carboxylic acids is 1. The molecule has 0 aromatic carbocycles. The highest BCUT2D eigenvalue weighted by Crippen LogP contribution is 1.84. The summed E-state index contributed by atoms with van der Waals surface area (Å²) in [4.78, 5) is 21.4. The molecule has 0 aliphatic rings. The Morgan fingerprint density at radius 3 is 2.54 bits per heavy atom. The van der Waals surface area contributed by atoms with Crippen LogP contribution in [0.3, 0.4) is 0 Å². The highest BCUT2D eigenvalue weighted by molar-refractivity contribution is 5.83. The fourth-order valence-electron chi connectivity index (χ4n) is 0.754. The van der Waals surface area contributed by atoms with Crippen molar-refractivity contribution in [3.05, 3.63) is 0 Å². The average Bonchev–Trinajstić information content (AvgIpc) is 2.04. The lowest BCUT2D eigenvalue weighted by Gasteiger charge is -2.08. The Morgan fingerprint density at radius 2 is 2.08 bits per heavy atom. The van der Waals surface area contributed by atoms with Gasteiger partial charge in [0, 0.05) is 13.0 Å². The summed E-state index contributed by atoms with van der Waals surface area (Å²) in [5.41, 5.74) is 0. The van der Waals surface area contributed by atoms with Crippen LogP contribution in [0.15, 0.2) is 0 Å². The number of carbonyl (C=O) groups is 2. The SMILES string of the molecule is CCNCCC(=O)NC(C)C(=O)O. The molecule has 1 amide bonds. The fraction of sp³-hybridized carbons (Fsp3) is 0.750. The Balaban J connectivity index is 3.56. The first kappa shape index (κ1) is 11.9. The quantitative estimate of drug-likeness (QED) is 0.494.